The molecule has 2 nitrogen and oxygen atoms in total. The largest absolute Gasteiger partial charge is 0.481 e. The minimum absolute atomic E-state index is 0.290. The number of carboxylic acid groups (broad SMARTS) is 1. The van der Waals surface area contributed by atoms with Crippen LogP contribution in [0.1, 0.15) is 169 Å². The van der Waals surface area contributed by atoms with Gasteiger partial charge in [0.05, 0.1) is 5.41 Å². The summed E-state index contributed by atoms with van der Waals surface area (Å²) in [7, 11) is 0. The minimum Gasteiger partial charge on any atom is -0.481 e. The fourth-order valence-corrected chi connectivity index (χ4v) is 5.21. The van der Waals surface area contributed by atoms with Crippen molar-refractivity contribution in [2.24, 2.45) is 11.3 Å². The lowest BCUT2D eigenvalue weighted by Gasteiger charge is -2.35. The van der Waals surface area contributed by atoms with Crippen LogP contribution in [0.4, 0.5) is 0 Å². The molecule has 0 heterocycles. The Balaban J connectivity index is 3.90. The maximum Gasteiger partial charge on any atom is 0.309 e. The minimum atomic E-state index is -0.550. The smallest absolute Gasteiger partial charge is 0.309 e. The zero-order valence-electron chi connectivity index (χ0n) is 22.0. The van der Waals surface area contributed by atoms with Gasteiger partial charge in [0.25, 0.3) is 0 Å². The quantitative estimate of drug-likeness (QED) is 0.152. The highest BCUT2D eigenvalue weighted by atomic mass is 16.4. The topological polar surface area (TPSA) is 37.3 Å². The Morgan fingerprint density at radius 2 is 0.968 bits per heavy atom. The standard InChI is InChI=1S/C29H58O2/c1-5-8-10-12-14-15-16-17-18-19-20-21-23-25-27(4)29(7-3,28(30)31)26-24-22-13-11-9-6-2/h27H,5-26H2,1-4H3,(H,30,31). The van der Waals surface area contributed by atoms with E-state index in [2.05, 4.69) is 27.7 Å². The number of carbonyl (C=O) groups is 1. The summed E-state index contributed by atoms with van der Waals surface area (Å²) < 4.78 is 0. The first-order valence-electron chi connectivity index (χ1n) is 14.3. The highest BCUT2D eigenvalue weighted by Gasteiger charge is 2.40. The third kappa shape index (κ3) is 15.0. The predicted octanol–water partition coefficient (Wildman–Crippen LogP) is 10.3. The first kappa shape index (κ1) is 30.5. The molecule has 0 aromatic rings. The lowest BCUT2D eigenvalue weighted by Crippen LogP contribution is -2.37. The Bertz CT molecular complexity index is 392. The second kappa shape index (κ2) is 21.3. The first-order chi connectivity index (χ1) is 15.0. The van der Waals surface area contributed by atoms with Crippen LogP contribution in [0.5, 0.6) is 0 Å². The Morgan fingerprint density at radius 3 is 1.32 bits per heavy atom. The molecule has 31 heavy (non-hydrogen) atoms. The summed E-state index contributed by atoms with van der Waals surface area (Å²) in [6, 6.07) is 0. The van der Waals surface area contributed by atoms with Crippen molar-refractivity contribution in [3.8, 4) is 0 Å². The van der Waals surface area contributed by atoms with E-state index < -0.39 is 11.4 Å². The fourth-order valence-electron chi connectivity index (χ4n) is 5.21. The van der Waals surface area contributed by atoms with Crippen LogP contribution in [0.2, 0.25) is 0 Å². The molecule has 0 fully saturated rings. The van der Waals surface area contributed by atoms with Crippen molar-refractivity contribution in [3.63, 3.8) is 0 Å². The normalized spacial score (nSPS) is 14.5. The Kier molecular flexibility index (Phi) is 21.0. The van der Waals surface area contributed by atoms with Crippen LogP contribution in [0.25, 0.3) is 0 Å². The first-order valence-corrected chi connectivity index (χ1v) is 14.3. The third-order valence-corrected chi connectivity index (χ3v) is 7.72. The SMILES string of the molecule is CCCCCCCCCCCCCCCC(C)C(CC)(CCCCCCCC)C(=O)O. The summed E-state index contributed by atoms with van der Waals surface area (Å²) in [4.78, 5) is 12.2. The Morgan fingerprint density at radius 1 is 0.613 bits per heavy atom. The molecule has 0 saturated carbocycles. The molecule has 0 aliphatic heterocycles. The predicted molar refractivity (Wildman–Crippen MR) is 138 cm³/mol. The van der Waals surface area contributed by atoms with Crippen molar-refractivity contribution in [3.05, 3.63) is 0 Å². The van der Waals surface area contributed by atoms with Gasteiger partial charge in [-0.05, 0) is 25.2 Å². The van der Waals surface area contributed by atoms with Gasteiger partial charge in [-0.1, -0.05) is 150 Å². The average molecular weight is 439 g/mol. The molecule has 2 heteroatoms. The summed E-state index contributed by atoms with van der Waals surface area (Å²) in [5.74, 6) is -0.260. The van der Waals surface area contributed by atoms with E-state index in [0.717, 1.165) is 25.7 Å². The number of carboxylic acids is 1. The van der Waals surface area contributed by atoms with Crippen molar-refractivity contribution < 1.29 is 9.90 Å². The molecule has 2 unspecified atom stereocenters. The maximum absolute atomic E-state index is 12.2. The third-order valence-electron chi connectivity index (χ3n) is 7.72. The summed E-state index contributed by atoms with van der Waals surface area (Å²) in [5.41, 5.74) is -0.498. The van der Waals surface area contributed by atoms with Crippen LogP contribution in [0.15, 0.2) is 0 Å². The van der Waals surface area contributed by atoms with Crippen molar-refractivity contribution in [1.82, 2.24) is 0 Å². The van der Waals surface area contributed by atoms with E-state index in [1.54, 1.807) is 0 Å². The van der Waals surface area contributed by atoms with Crippen LogP contribution in [-0.2, 0) is 4.79 Å². The molecular weight excluding hydrogens is 380 g/mol. The van der Waals surface area contributed by atoms with Crippen LogP contribution < -0.4 is 0 Å². The number of rotatable bonds is 24. The molecule has 186 valence electrons. The van der Waals surface area contributed by atoms with E-state index in [1.807, 2.05) is 0 Å². The molecule has 1 N–H and O–H groups in total. The molecule has 0 aromatic heterocycles. The average Bonchev–Trinajstić information content (AvgIpc) is 2.76. The van der Waals surface area contributed by atoms with Gasteiger partial charge in [0.1, 0.15) is 0 Å². The van der Waals surface area contributed by atoms with E-state index >= 15 is 0 Å². The zero-order valence-corrected chi connectivity index (χ0v) is 22.0. The van der Waals surface area contributed by atoms with Crippen LogP contribution >= 0.6 is 0 Å². The number of hydrogen-bond acceptors (Lipinski definition) is 1. The van der Waals surface area contributed by atoms with Gasteiger partial charge in [-0.15, -0.1) is 0 Å². The molecule has 0 bridgehead atoms. The Hall–Kier alpha value is -0.530. The molecule has 0 spiro atoms. The Labute approximate surface area is 196 Å². The second-order valence-electron chi connectivity index (χ2n) is 10.3. The van der Waals surface area contributed by atoms with E-state index in [4.69, 9.17) is 0 Å². The molecular formula is C29H58O2. The number of unbranched alkanes of at least 4 members (excludes halogenated alkanes) is 17. The summed E-state index contributed by atoms with van der Waals surface area (Å²) in [6.07, 6.45) is 28.0. The summed E-state index contributed by atoms with van der Waals surface area (Å²) >= 11 is 0. The zero-order chi connectivity index (χ0) is 23.2. The van der Waals surface area contributed by atoms with Gasteiger partial charge in [-0.3, -0.25) is 4.79 Å². The lowest BCUT2D eigenvalue weighted by atomic mass is 9.69. The van der Waals surface area contributed by atoms with Gasteiger partial charge in [0, 0.05) is 0 Å². The van der Waals surface area contributed by atoms with Gasteiger partial charge in [-0.2, -0.15) is 0 Å². The molecule has 0 rings (SSSR count). The number of aliphatic carboxylic acids is 1. The van der Waals surface area contributed by atoms with Crippen LogP contribution in [-0.4, -0.2) is 11.1 Å². The summed E-state index contributed by atoms with van der Waals surface area (Å²) in [5, 5.41) is 10.0. The van der Waals surface area contributed by atoms with E-state index in [1.165, 1.54) is 116 Å². The highest BCUT2D eigenvalue weighted by molar-refractivity contribution is 5.74. The van der Waals surface area contributed by atoms with Gasteiger partial charge < -0.3 is 5.11 Å². The van der Waals surface area contributed by atoms with Crippen molar-refractivity contribution >= 4 is 5.97 Å². The van der Waals surface area contributed by atoms with E-state index in [-0.39, 0.29) is 0 Å². The van der Waals surface area contributed by atoms with Crippen molar-refractivity contribution in [2.75, 3.05) is 0 Å². The van der Waals surface area contributed by atoms with Crippen molar-refractivity contribution in [2.45, 2.75) is 169 Å². The monoisotopic (exact) mass is 438 g/mol. The molecule has 0 amide bonds. The maximum atomic E-state index is 12.2. The summed E-state index contributed by atoms with van der Waals surface area (Å²) in [6.45, 7) is 8.81. The van der Waals surface area contributed by atoms with E-state index in [0.29, 0.717) is 5.92 Å². The van der Waals surface area contributed by atoms with E-state index in [9.17, 15) is 9.90 Å². The number of hydrogen-bond donors (Lipinski definition) is 1. The molecule has 0 aliphatic rings. The fraction of sp³-hybridized carbons (Fsp3) is 0.966. The van der Waals surface area contributed by atoms with Gasteiger partial charge in [0.2, 0.25) is 0 Å². The van der Waals surface area contributed by atoms with Gasteiger partial charge >= 0.3 is 5.97 Å². The molecule has 2 atom stereocenters. The molecule has 0 radical (unpaired) electrons. The van der Waals surface area contributed by atoms with Gasteiger partial charge in [-0.25, -0.2) is 0 Å². The molecule has 0 saturated heterocycles. The lowest BCUT2D eigenvalue weighted by molar-refractivity contribution is -0.153. The highest BCUT2D eigenvalue weighted by Crippen LogP contribution is 2.40. The van der Waals surface area contributed by atoms with Crippen LogP contribution in [0, 0.1) is 11.3 Å². The van der Waals surface area contributed by atoms with Crippen LogP contribution in [0.3, 0.4) is 0 Å². The molecule has 0 aliphatic carbocycles. The second-order valence-corrected chi connectivity index (χ2v) is 10.3. The molecule has 0 aromatic carbocycles. The van der Waals surface area contributed by atoms with Crippen molar-refractivity contribution in [1.29, 1.82) is 0 Å². The van der Waals surface area contributed by atoms with Gasteiger partial charge in [0.15, 0.2) is 0 Å².